The number of hydrogen-bond donors (Lipinski definition) is 1. The van der Waals surface area contributed by atoms with Crippen LogP contribution in [0.3, 0.4) is 0 Å². The molecular weight excluding hydrogens is 431 g/mol. The van der Waals surface area contributed by atoms with Gasteiger partial charge in [0.15, 0.2) is 6.61 Å². The highest BCUT2D eigenvalue weighted by atomic mass is 35.5. The van der Waals surface area contributed by atoms with Crippen LogP contribution in [0, 0.1) is 5.92 Å². The third-order valence-electron chi connectivity index (χ3n) is 4.46. The van der Waals surface area contributed by atoms with Crippen molar-refractivity contribution in [2.75, 3.05) is 30.0 Å². The molecular formula is C21H20Cl2N2O5. The molecule has 0 radical (unpaired) electrons. The molecule has 1 aliphatic rings. The molecule has 2 aromatic carbocycles. The molecule has 9 heteroatoms. The summed E-state index contributed by atoms with van der Waals surface area (Å²) in [5.41, 5.74) is 0.924. The number of amides is 2. The predicted octanol–water partition coefficient (Wildman–Crippen LogP) is 3.93. The summed E-state index contributed by atoms with van der Waals surface area (Å²) < 4.78 is 10.7. The molecule has 3 rings (SSSR count). The van der Waals surface area contributed by atoms with Crippen molar-refractivity contribution in [1.29, 1.82) is 0 Å². The maximum Gasteiger partial charge on any atom is 0.311 e. The van der Waals surface area contributed by atoms with Crippen LogP contribution in [-0.4, -0.2) is 37.5 Å². The average Bonchev–Trinajstić information content (AvgIpc) is 3.11. The van der Waals surface area contributed by atoms with Gasteiger partial charge < -0.3 is 19.7 Å². The number of carbonyl (C=O) groups excluding carboxylic acids is 3. The van der Waals surface area contributed by atoms with Crippen LogP contribution in [0.2, 0.25) is 10.0 Å². The highest BCUT2D eigenvalue weighted by Gasteiger charge is 2.37. The van der Waals surface area contributed by atoms with E-state index in [1.54, 1.807) is 30.3 Å². The molecule has 1 heterocycles. The van der Waals surface area contributed by atoms with E-state index in [0.717, 1.165) is 0 Å². The second kappa shape index (κ2) is 9.82. The minimum Gasteiger partial charge on any atom is -0.492 e. The van der Waals surface area contributed by atoms with Crippen molar-refractivity contribution in [3.63, 3.8) is 0 Å². The molecule has 0 saturated carbocycles. The Morgan fingerprint density at radius 3 is 2.73 bits per heavy atom. The topological polar surface area (TPSA) is 84.9 Å². The van der Waals surface area contributed by atoms with E-state index in [9.17, 15) is 14.4 Å². The molecule has 1 atom stereocenters. The van der Waals surface area contributed by atoms with E-state index in [-0.39, 0.29) is 18.9 Å². The van der Waals surface area contributed by atoms with Crippen molar-refractivity contribution >= 4 is 52.4 Å². The van der Waals surface area contributed by atoms with Gasteiger partial charge in [0.1, 0.15) is 5.75 Å². The fourth-order valence-electron chi connectivity index (χ4n) is 3.09. The quantitative estimate of drug-likeness (QED) is 0.645. The van der Waals surface area contributed by atoms with Gasteiger partial charge in [0, 0.05) is 18.0 Å². The Morgan fingerprint density at radius 1 is 1.20 bits per heavy atom. The minimum absolute atomic E-state index is 0.00102. The Morgan fingerprint density at radius 2 is 1.97 bits per heavy atom. The first-order valence-electron chi connectivity index (χ1n) is 9.32. The highest BCUT2D eigenvalue weighted by Crippen LogP contribution is 2.33. The van der Waals surface area contributed by atoms with Gasteiger partial charge in [-0.3, -0.25) is 14.4 Å². The molecule has 30 heavy (non-hydrogen) atoms. The number of anilines is 2. The van der Waals surface area contributed by atoms with Gasteiger partial charge >= 0.3 is 5.97 Å². The SMILES string of the molecule is CCOc1ccccc1N1C[C@@H](C(=O)OCC(=O)Nc2cc(Cl)ccc2Cl)CC1=O. The molecule has 2 aromatic rings. The van der Waals surface area contributed by atoms with Crippen molar-refractivity contribution in [2.45, 2.75) is 13.3 Å². The van der Waals surface area contributed by atoms with Crippen molar-refractivity contribution in [1.82, 2.24) is 0 Å². The molecule has 1 aliphatic heterocycles. The predicted molar refractivity (Wildman–Crippen MR) is 114 cm³/mol. The van der Waals surface area contributed by atoms with E-state index in [4.69, 9.17) is 32.7 Å². The molecule has 158 valence electrons. The van der Waals surface area contributed by atoms with Crippen LogP contribution in [0.25, 0.3) is 0 Å². The van der Waals surface area contributed by atoms with Gasteiger partial charge in [0.05, 0.1) is 28.9 Å². The van der Waals surface area contributed by atoms with Crippen molar-refractivity contribution < 1.29 is 23.9 Å². The van der Waals surface area contributed by atoms with Crippen LogP contribution in [-0.2, 0) is 19.1 Å². The number of carbonyl (C=O) groups is 3. The lowest BCUT2D eigenvalue weighted by molar-refractivity contribution is -0.151. The molecule has 1 saturated heterocycles. The largest absolute Gasteiger partial charge is 0.492 e. The molecule has 0 unspecified atom stereocenters. The zero-order chi connectivity index (χ0) is 21.7. The van der Waals surface area contributed by atoms with Crippen LogP contribution in [0.5, 0.6) is 5.75 Å². The van der Waals surface area contributed by atoms with Crippen LogP contribution in [0.1, 0.15) is 13.3 Å². The number of esters is 1. The Balaban J connectivity index is 1.57. The van der Waals surface area contributed by atoms with E-state index in [2.05, 4.69) is 5.32 Å². The molecule has 7 nitrogen and oxygen atoms in total. The van der Waals surface area contributed by atoms with Crippen molar-refractivity contribution in [3.8, 4) is 5.75 Å². The number of nitrogens with zero attached hydrogens (tertiary/aromatic N) is 1. The second-order valence-electron chi connectivity index (χ2n) is 6.59. The Hall–Kier alpha value is -2.77. The van der Waals surface area contributed by atoms with Crippen LogP contribution >= 0.6 is 23.2 Å². The molecule has 2 amide bonds. The number of halogens is 2. The highest BCUT2D eigenvalue weighted by molar-refractivity contribution is 6.35. The number of benzene rings is 2. The number of rotatable bonds is 7. The number of ether oxygens (including phenoxy) is 2. The lowest BCUT2D eigenvalue weighted by Crippen LogP contribution is -2.28. The van der Waals surface area contributed by atoms with Gasteiger partial charge in [-0.2, -0.15) is 0 Å². The number of para-hydroxylation sites is 2. The summed E-state index contributed by atoms with van der Waals surface area (Å²) in [7, 11) is 0. The van der Waals surface area contributed by atoms with Gasteiger partial charge in [0.25, 0.3) is 5.91 Å². The third kappa shape index (κ3) is 5.23. The summed E-state index contributed by atoms with van der Waals surface area (Å²) >= 11 is 11.9. The Kier molecular flexibility index (Phi) is 7.18. The minimum atomic E-state index is -0.672. The maximum atomic E-state index is 12.5. The first kappa shape index (κ1) is 21.9. The number of nitrogens with one attached hydrogen (secondary N) is 1. The average molecular weight is 451 g/mol. The van der Waals surface area contributed by atoms with Crippen molar-refractivity contribution in [2.24, 2.45) is 5.92 Å². The zero-order valence-corrected chi connectivity index (χ0v) is 17.7. The second-order valence-corrected chi connectivity index (χ2v) is 7.43. The lowest BCUT2D eigenvalue weighted by atomic mass is 10.1. The first-order valence-corrected chi connectivity index (χ1v) is 10.1. The fraction of sp³-hybridized carbons (Fsp3) is 0.286. The zero-order valence-electron chi connectivity index (χ0n) is 16.2. The van der Waals surface area contributed by atoms with Crippen molar-refractivity contribution in [3.05, 3.63) is 52.5 Å². The summed E-state index contributed by atoms with van der Waals surface area (Å²) in [4.78, 5) is 38.4. The van der Waals surface area contributed by atoms with E-state index in [1.165, 1.54) is 11.0 Å². The smallest absolute Gasteiger partial charge is 0.311 e. The van der Waals surface area contributed by atoms with Gasteiger partial charge in [-0.15, -0.1) is 0 Å². The third-order valence-corrected chi connectivity index (χ3v) is 5.03. The van der Waals surface area contributed by atoms with E-state index >= 15 is 0 Å². The lowest BCUT2D eigenvalue weighted by Gasteiger charge is -2.20. The molecule has 0 spiro atoms. The summed E-state index contributed by atoms with van der Waals surface area (Å²) in [5, 5.41) is 3.25. The molecule has 1 N–H and O–H groups in total. The fourth-order valence-corrected chi connectivity index (χ4v) is 3.43. The van der Waals surface area contributed by atoms with Gasteiger partial charge in [-0.25, -0.2) is 0 Å². The van der Waals surface area contributed by atoms with Gasteiger partial charge in [-0.1, -0.05) is 35.3 Å². The molecule has 1 fully saturated rings. The Labute approximate surface area is 183 Å². The Bertz CT molecular complexity index is 966. The normalized spacial score (nSPS) is 15.8. The van der Waals surface area contributed by atoms with E-state index < -0.39 is 24.4 Å². The van der Waals surface area contributed by atoms with E-state index in [1.807, 2.05) is 13.0 Å². The first-order chi connectivity index (χ1) is 14.4. The summed E-state index contributed by atoms with van der Waals surface area (Å²) in [6.07, 6.45) is 0.00102. The molecule has 0 bridgehead atoms. The maximum absolute atomic E-state index is 12.5. The van der Waals surface area contributed by atoms with Gasteiger partial charge in [-0.05, 0) is 37.3 Å². The van der Waals surface area contributed by atoms with E-state index in [0.29, 0.717) is 33.8 Å². The van der Waals surface area contributed by atoms with Crippen LogP contribution < -0.4 is 15.0 Å². The standard InChI is InChI=1S/C21H20Cl2N2O5/c1-2-29-18-6-4-3-5-17(18)25-11-13(9-20(25)27)21(28)30-12-19(26)24-16-10-14(22)7-8-15(16)23/h3-8,10,13H,2,9,11-12H2,1H3,(H,24,26)/t13-/m0/s1. The van der Waals surface area contributed by atoms with Crippen LogP contribution in [0.4, 0.5) is 11.4 Å². The molecule has 0 aromatic heterocycles. The summed E-state index contributed by atoms with van der Waals surface area (Å²) in [6.45, 7) is 1.96. The van der Waals surface area contributed by atoms with Gasteiger partial charge in [0.2, 0.25) is 5.91 Å². The molecule has 0 aliphatic carbocycles. The summed E-state index contributed by atoms with van der Waals surface area (Å²) in [5.74, 6) is -1.49. The monoisotopic (exact) mass is 450 g/mol. The van der Waals surface area contributed by atoms with Crippen LogP contribution in [0.15, 0.2) is 42.5 Å². The number of hydrogen-bond acceptors (Lipinski definition) is 5. The summed E-state index contributed by atoms with van der Waals surface area (Å²) in [6, 6.07) is 11.8.